The number of hydrogen-bond acceptors (Lipinski definition) is 8. The molecule has 0 aliphatic heterocycles. The predicted molar refractivity (Wildman–Crippen MR) is 151 cm³/mol. The maximum Gasteiger partial charge on any atom is 0.338 e. The van der Waals surface area contributed by atoms with E-state index < -0.39 is 28.4 Å². The van der Waals surface area contributed by atoms with Gasteiger partial charge < -0.3 is 13.9 Å². The van der Waals surface area contributed by atoms with Crippen molar-refractivity contribution in [2.24, 2.45) is 5.10 Å². The monoisotopic (exact) mass is 561 g/mol. The first-order valence-electron chi connectivity index (χ1n) is 12.2. The van der Waals surface area contributed by atoms with Gasteiger partial charge in [0.2, 0.25) is 10.0 Å². The molecule has 11 heteroatoms. The van der Waals surface area contributed by atoms with Crippen LogP contribution in [0.25, 0.3) is 11.3 Å². The van der Waals surface area contributed by atoms with Gasteiger partial charge in [-0.05, 0) is 67.6 Å². The van der Waals surface area contributed by atoms with Gasteiger partial charge in [-0.3, -0.25) is 9.10 Å². The van der Waals surface area contributed by atoms with Crippen molar-refractivity contribution in [3.05, 3.63) is 102 Å². The Kier molecular flexibility index (Phi) is 8.97. The molecule has 0 saturated carbocycles. The Morgan fingerprint density at radius 3 is 2.25 bits per heavy atom. The third kappa shape index (κ3) is 7.58. The zero-order valence-electron chi connectivity index (χ0n) is 21.8. The van der Waals surface area contributed by atoms with Gasteiger partial charge in [0.1, 0.15) is 29.6 Å². The van der Waals surface area contributed by atoms with Gasteiger partial charge in [-0.2, -0.15) is 5.10 Å². The number of hydrazone groups is 1. The molecule has 1 heterocycles. The molecule has 3 aromatic carbocycles. The number of sulfonamides is 1. The Labute approximate surface area is 231 Å². The van der Waals surface area contributed by atoms with E-state index in [0.717, 1.165) is 16.1 Å². The van der Waals surface area contributed by atoms with Crippen LogP contribution in [0.3, 0.4) is 0 Å². The quantitative estimate of drug-likeness (QED) is 0.158. The molecule has 10 nitrogen and oxygen atoms in total. The normalized spacial score (nSPS) is 11.2. The molecule has 0 radical (unpaired) electrons. The Bertz CT molecular complexity index is 1580. The zero-order valence-corrected chi connectivity index (χ0v) is 22.6. The predicted octanol–water partition coefficient (Wildman–Crippen LogP) is 4.83. The van der Waals surface area contributed by atoms with E-state index in [2.05, 4.69) is 10.5 Å². The lowest BCUT2D eigenvalue weighted by Gasteiger charge is -2.21. The van der Waals surface area contributed by atoms with Crippen LogP contribution in [-0.4, -0.2) is 45.9 Å². The molecule has 0 spiro atoms. The molecule has 40 heavy (non-hydrogen) atoms. The van der Waals surface area contributed by atoms with Crippen LogP contribution < -0.4 is 14.5 Å². The molecule has 1 amide bonds. The maximum atomic E-state index is 12.5. The maximum absolute atomic E-state index is 12.5. The van der Waals surface area contributed by atoms with Crippen molar-refractivity contribution >= 4 is 33.8 Å². The van der Waals surface area contributed by atoms with E-state index in [4.69, 9.17) is 13.9 Å². The molecule has 0 saturated heterocycles. The summed E-state index contributed by atoms with van der Waals surface area (Å²) >= 11 is 0. The summed E-state index contributed by atoms with van der Waals surface area (Å²) < 4.78 is 42.2. The minimum Gasteiger partial charge on any atom is -0.462 e. The van der Waals surface area contributed by atoms with Gasteiger partial charge in [0, 0.05) is 5.56 Å². The molecule has 4 aromatic rings. The van der Waals surface area contributed by atoms with E-state index in [0.29, 0.717) is 40.9 Å². The number of nitrogens with one attached hydrogen (secondary N) is 1. The van der Waals surface area contributed by atoms with Gasteiger partial charge in [0.05, 0.1) is 30.3 Å². The summed E-state index contributed by atoms with van der Waals surface area (Å²) in [5.74, 6) is 1.01. The average Bonchev–Trinajstić information content (AvgIpc) is 3.41. The lowest BCUT2D eigenvalue weighted by atomic mass is 10.1. The van der Waals surface area contributed by atoms with Gasteiger partial charge >= 0.3 is 5.97 Å². The highest BCUT2D eigenvalue weighted by atomic mass is 32.2. The number of furan rings is 1. The molecule has 0 fully saturated rings. The summed E-state index contributed by atoms with van der Waals surface area (Å²) in [6, 6.07) is 25.6. The summed E-state index contributed by atoms with van der Waals surface area (Å²) in [4.78, 5) is 24.3. The molecule has 1 aromatic heterocycles. The Morgan fingerprint density at radius 2 is 1.60 bits per heavy atom. The number of esters is 1. The van der Waals surface area contributed by atoms with Crippen molar-refractivity contribution in [1.82, 2.24) is 5.43 Å². The van der Waals surface area contributed by atoms with Crippen LogP contribution in [0.2, 0.25) is 0 Å². The van der Waals surface area contributed by atoms with Crippen LogP contribution in [0.4, 0.5) is 5.69 Å². The first-order valence-corrected chi connectivity index (χ1v) is 14.1. The lowest BCUT2D eigenvalue weighted by Crippen LogP contribution is -2.38. The fourth-order valence-electron chi connectivity index (χ4n) is 3.60. The molecule has 0 bridgehead atoms. The van der Waals surface area contributed by atoms with Gasteiger partial charge in [-0.1, -0.05) is 30.3 Å². The number of ether oxygens (including phenoxy) is 2. The summed E-state index contributed by atoms with van der Waals surface area (Å²) in [5.41, 5.74) is 3.78. The van der Waals surface area contributed by atoms with Crippen LogP contribution in [0.15, 0.2) is 101 Å². The summed E-state index contributed by atoms with van der Waals surface area (Å²) in [7, 11) is -3.77. The summed E-state index contributed by atoms with van der Waals surface area (Å²) in [6.07, 6.45) is 2.32. The number of carbonyl (C=O) groups is 2. The largest absolute Gasteiger partial charge is 0.462 e. The summed E-state index contributed by atoms with van der Waals surface area (Å²) in [5, 5.41) is 3.88. The Hall–Kier alpha value is -4.90. The topological polar surface area (TPSA) is 128 Å². The first-order chi connectivity index (χ1) is 19.2. The average molecular weight is 562 g/mol. The zero-order chi connectivity index (χ0) is 28.5. The molecule has 1 N–H and O–H groups in total. The van der Waals surface area contributed by atoms with E-state index in [9.17, 15) is 18.0 Å². The van der Waals surface area contributed by atoms with E-state index in [1.165, 1.54) is 6.21 Å². The Balaban J connectivity index is 1.35. The number of benzene rings is 3. The lowest BCUT2D eigenvalue weighted by molar-refractivity contribution is -0.119. The molecular weight excluding hydrogens is 534 g/mol. The van der Waals surface area contributed by atoms with Gasteiger partial charge in [0.25, 0.3) is 5.91 Å². The molecule has 206 valence electrons. The number of carbonyl (C=O) groups excluding carboxylic acids is 2. The highest BCUT2D eigenvalue weighted by molar-refractivity contribution is 7.92. The van der Waals surface area contributed by atoms with E-state index >= 15 is 0 Å². The minimum absolute atomic E-state index is 0.294. The van der Waals surface area contributed by atoms with Crippen molar-refractivity contribution in [2.75, 3.05) is 23.7 Å². The standard InChI is InChI=1S/C29H27N3O7S/c1-3-37-29(34)22-11-9-21(10-12-22)27-18-17-26(39-27)19-30-31-28(33)20-32(40(2,35)36)23-13-15-25(16-14-23)38-24-7-5-4-6-8-24/h4-19H,3,20H2,1-2H3,(H,31,33)/b30-19+. The number of para-hydroxylation sites is 1. The van der Waals surface area contributed by atoms with E-state index in [-0.39, 0.29) is 0 Å². The number of anilines is 1. The smallest absolute Gasteiger partial charge is 0.338 e. The molecule has 0 unspecified atom stereocenters. The summed E-state index contributed by atoms with van der Waals surface area (Å²) in [6.45, 7) is 1.55. The number of nitrogens with zero attached hydrogens (tertiary/aromatic N) is 2. The fraction of sp³-hybridized carbons (Fsp3) is 0.138. The van der Waals surface area contributed by atoms with Gasteiger partial charge in [-0.15, -0.1) is 0 Å². The van der Waals surface area contributed by atoms with Crippen molar-refractivity contribution in [3.8, 4) is 22.8 Å². The van der Waals surface area contributed by atoms with Crippen molar-refractivity contribution in [1.29, 1.82) is 0 Å². The van der Waals surface area contributed by atoms with Crippen LogP contribution in [0.1, 0.15) is 23.0 Å². The van der Waals surface area contributed by atoms with Crippen LogP contribution in [0, 0.1) is 0 Å². The van der Waals surface area contributed by atoms with E-state index in [1.807, 2.05) is 18.2 Å². The minimum atomic E-state index is -3.77. The fourth-order valence-corrected chi connectivity index (χ4v) is 4.46. The molecule has 4 rings (SSSR count). The Morgan fingerprint density at radius 1 is 0.925 bits per heavy atom. The number of rotatable bonds is 11. The first kappa shape index (κ1) is 28.1. The second-order valence-corrected chi connectivity index (χ2v) is 10.4. The number of hydrogen-bond donors (Lipinski definition) is 1. The second-order valence-electron chi connectivity index (χ2n) is 8.47. The SMILES string of the molecule is CCOC(=O)c1ccc(-c2ccc(/C=N/NC(=O)CN(c3ccc(Oc4ccccc4)cc3)S(C)(=O)=O)o2)cc1. The molecular formula is C29H27N3O7S. The molecule has 0 aliphatic rings. The number of amides is 1. The van der Waals surface area contributed by atoms with Crippen molar-refractivity contribution in [3.63, 3.8) is 0 Å². The van der Waals surface area contributed by atoms with Crippen LogP contribution >= 0.6 is 0 Å². The van der Waals surface area contributed by atoms with Crippen molar-refractivity contribution < 1.29 is 31.9 Å². The highest BCUT2D eigenvalue weighted by Gasteiger charge is 2.21. The highest BCUT2D eigenvalue weighted by Crippen LogP contribution is 2.26. The van der Waals surface area contributed by atoms with Gasteiger partial charge in [0.15, 0.2) is 0 Å². The third-order valence-corrected chi connectivity index (χ3v) is 6.62. The van der Waals surface area contributed by atoms with Crippen molar-refractivity contribution in [2.45, 2.75) is 6.92 Å². The van der Waals surface area contributed by atoms with Gasteiger partial charge in [-0.25, -0.2) is 18.6 Å². The second kappa shape index (κ2) is 12.8. The molecule has 0 aliphatic carbocycles. The van der Waals surface area contributed by atoms with Crippen LogP contribution in [-0.2, 0) is 19.6 Å². The third-order valence-electron chi connectivity index (χ3n) is 5.48. The van der Waals surface area contributed by atoms with Crippen LogP contribution in [0.5, 0.6) is 11.5 Å². The van der Waals surface area contributed by atoms with E-state index in [1.54, 1.807) is 79.7 Å². The molecule has 0 atom stereocenters.